The number of piperidine rings is 1. The molecule has 2 heteroatoms. The minimum atomic E-state index is 0.761. The van der Waals surface area contributed by atoms with E-state index in [-0.39, 0.29) is 0 Å². The summed E-state index contributed by atoms with van der Waals surface area (Å²) >= 11 is 0. The van der Waals surface area contributed by atoms with Gasteiger partial charge in [-0.1, -0.05) is 26.7 Å². The summed E-state index contributed by atoms with van der Waals surface area (Å²) in [4.78, 5) is 2.97. The molecule has 3 rings (SSSR count). The predicted molar refractivity (Wildman–Crippen MR) is 86.0 cm³/mol. The lowest BCUT2D eigenvalue weighted by Crippen LogP contribution is -2.59. The maximum Gasteiger partial charge on any atom is 0.0254 e. The molecule has 1 aliphatic heterocycles. The average molecular weight is 278 g/mol. The van der Waals surface area contributed by atoms with Crippen LogP contribution in [0.5, 0.6) is 0 Å². The van der Waals surface area contributed by atoms with Gasteiger partial charge in [0.15, 0.2) is 0 Å². The van der Waals surface area contributed by atoms with Crippen LogP contribution in [0.4, 0.5) is 0 Å². The number of hydrogen-bond acceptors (Lipinski definition) is 2. The Labute approximate surface area is 125 Å². The second kappa shape index (κ2) is 6.79. The summed E-state index contributed by atoms with van der Waals surface area (Å²) in [7, 11) is 0. The van der Waals surface area contributed by atoms with Crippen LogP contribution in [0.3, 0.4) is 0 Å². The SMILES string of the molecule is CCNC1CCC(C)CC1N1CCCC2CCCCC21. The average Bonchev–Trinajstić information content (AvgIpc) is 2.49. The highest BCUT2D eigenvalue weighted by atomic mass is 15.2. The Morgan fingerprint density at radius 3 is 2.60 bits per heavy atom. The molecule has 0 aromatic heterocycles. The van der Waals surface area contributed by atoms with Crippen molar-refractivity contribution in [3.05, 3.63) is 0 Å². The first kappa shape index (κ1) is 14.8. The van der Waals surface area contributed by atoms with E-state index >= 15 is 0 Å². The van der Waals surface area contributed by atoms with Crippen LogP contribution in [0.15, 0.2) is 0 Å². The number of rotatable bonds is 3. The van der Waals surface area contributed by atoms with Crippen LogP contribution in [0, 0.1) is 11.8 Å². The van der Waals surface area contributed by atoms with Crippen molar-refractivity contribution >= 4 is 0 Å². The van der Waals surface area contributed by atoms with Crippen LogP contribution >= 0.6 is 0 Å². The standard InChI is InChI=1S/C18H34N2/c1-3-19-16-11-10-14(2)13-18(16)20-12-6-8-15-7-4-5-9-17(15)20/h14-19H,3-13H2,1-2H3. The van der Waals surface area contributed by atoms with Crippen molar-refractivity contribution in [2.24, 2.45) is 11.8 Å². The number of likely N-dealkylation sites (N-methyl/N-ethyl adjacent to an activating group) is 1. The van der Waals surface area contributed by atoms with Gasteiger partial charge >= 0.3 is 0 Å². The van der Waals surface area contributed by atoms with E-state index in [1.54, 1.807) is 0 Å². The maximum atomic E-state index is 3.81. The molecule has 0 amide bonds. The first-order valence-electron chi connectivity index (χ1n) is 9.28. The quantitative estimate of drug-likeness (QED) is 0.844. The molecule has 3 aliphatic rings. The summed E-state index contributed by atoms with van der Waals surface area (Å²) < 4.78 is 0. The van der Waals surface area contributed by atoms with Crippen LogP contribution in [-0.4, -0.2) is 36.1 Å². The van der Waals surface area contributed by atoms with E-state index in [9.17, 15) is 0 Å². The van der Waals surface area contributed by atoms with Gasteiger partial charge in [0.05, 0.1) is 0 Å². The Morgan fingerprint density at radius 1 is 0.950 bits per heavy atom. The summed E-state index contributed by atoms with van der Waals surface area (Å²) in [5.74, 6) is 1.95. The summed E-state index contributed by atoms with van der Waals surface area (Å²) in [6.45, 7) is 7.25. The fraction of sp³-hybridized carbons (Fsp3) is 1.00. The van der Waals surface area contributed by atoms with Gasteiger partial charge in [-0.05, 0) is 69.9 Å². The normalized spacial score (nSPS) is 43.2. The number of fused-ring (bicyclic) bond motifs is 1. The Hall–Kier alpha value is -0.0800. The second-order valence-corrected chi connectivity index (χ2v) is 7.64. The van der Waals surface area contributed by atoms with Crippen LogP contribution in [0.1, 0.15) is 71.6 Å². The van der Waals surface area contributed by atoms with E-state index in [1.807, 2.05) is 0 Å². The maximum absolute atomic E-state index is 3.81. The highest BCUT2D eigenvalue weighted by Gasteiger charge is 2.40. The zero-order valence-electron chi connectivity index (χ0n) is 13.6. The van der Waals surface area contributed by atoms with Crippen molar-refractivity contribution in [2.45, 2.75) is 89.8 Å². The Morgan fingerprint density at radius 2 is 1.75 bits per heavy atom. The lowest BCUT2D eigenvalue weighted by molar-refractivity contribution is -0.00694. The molecule has 0 aromatic rings. The van der Waals surface area contributed by atoms with Gasteiger partial charge in [0.25, 0.3) is 0 Å². The molecule has 0 bridgehead atoms. The van der Waals surface area contributed by atoms with E-state index < -0.39 is 0 Å². The Kier molecular flexibility index (Phi) is 5.04. The minimum Gasteiger partial charge on any atom is -0.313 e. The van der Waals surface area contributed by atoms with Gasteiger partial charge < -0.3 is 5.32 Å². The number of likely N-dealkylation sites (tertiary alicyclic amines) is 1. The Balaban J connectivity index is 1.73. The fourth-order valence-corrected chi connectivity index (χ4v) is 5.29. The zero-order chi connectivity index (χ0) is 13.9. The first-order valence-corrected chi connectivity index (χ1v) is 9.28. The summed E-state index contributed by atoms with van der Waals surface area (Å²) in [5, 5.41) is 3.81. The third-order valence-electron chi connectivity index (χ3n) is 6.26. The van der Waals surface area contributed by atoms with Gasteiger partial charge in [0.2, 0.25) is 0 Å². The molecule has 116 valence electrons. The molecule has 1 saturated heterocycles. The molecule has 20 heavy (non-hydrogen) atoms. The van der Waals surface area contributed by atoms with Crippen LogP contribution < -0.4 is 5.32 Å². The van der Waals surface area contributed by atoms with Gasteiger partial charge in [0.1, 0.15) is 0 Å². The van der Waals surface area contributed by atoms with E-state index in [1.165, 1.54) is 64.3 Å². The lowest BCUT2D eigenvalue weighted by atomic mass is 9.75. The monoisotopic (exact) mass is 278 g/mol. The van der Waals surface area contributed by atoms with Crippen molar-refractivity contribution in [3.8, 4) is 0 Å². The summed E-state index contributed by atoms with van der Waals surface area (Å²) in [6.07, 6.45) is 13.2. The van der Waals surface area contributed by atoms with E-state index in [2.05, 4.69) is 24.1 Å². The molecule has 0 spiro atoms. The third kappa shape index (κ3) is 3.06. The lowest BCUT2D eigenvalue weighted by Gasteiger charge is -2.51. The summed E-state index contributed by atoms with van der Waals surface area (Å²) in [6, 6.07) is 2.51. The molecule has 1 heterocycles. The molecule has 5 unspecified atom stereocenters. The van der Waals surface area contributed by atoms with Gasteiger partial charge in [-0.25, -0.2) is 0 Å². The topological polar surface area (TPSA) is 15.3 Å². The van der Waals surface area contributed by atoms with Gasteiger partial charge in [0, 0.05) is 18.1 Å². The Bertz CT molecular complexity index is 302. The van der Waals surface area contributed by atoms with Crippen LogP contribution in [0.2, 0.25) is 0 Å². The molecule has 3 fully saturated rings. The van der Waals surface area contributed by atoms with Crippen molar-refractivity contribution in [3.63, 3.8) is 0 Å². The molecular weight excluding hydrogens is 244 g/mol. The first-order chi connectivity index (χ1) is 9.79. The molecular formula is C18H34N2. The van der Waals surface area contributed by atoms with Crippen molar-refractivity contribution in [2.75, 3.05) is 13.1 Å². The van der Waals surface area contributed by atoms with Crippen molar-refractivity contribution < 1.29 is 0 Å². The molecule has 0 radical (unpaired) electrons. The molecule has 5 atom stereocenters. The fourth-order valence-electron chi connectivity index (χ4n) is 5.29. The van der Waals surface area contributed by atoms with Gasteiger partial charge in [-0.2, -0.15) is 0 Å². The molecule has 2 saturated carbocycles. The zero-order valence-corrected chi connectivity index (χ0v) is 13.6. The molecule has 2 aliphatic carbocycles. The highest BCUT2D eigenvalue weighted by molar-refractivity contribution is 4.97. The highest BCUT2D eigenvalue weighted by Crippen LogP contribution is 2.39. The van der Waals surface area contributed by atoms with Gasteiger partial charge in [-0.3, -0.25) is 4.90 Å². The number of hydrogen-bond donors (Lipinski definition) is 1. The minimum absolute atomic E-state index is 0.761. The second-order valence-electron chi connectivity index (χ2n) is 7.64. The largest absolute Gasteiger partial charge is 0.313 e. The molecule has 1 N–H and O–H groups in total. The summed E-state index contributed by atoms with van der Waals surface area (Å²) in [5.41, 5.74) is 0. The number of nitrogens with zero attached hydrogens (tertiary/aromatic N) is 1. The van der Waals surface area contributed by atoms with Crippen molar-refractivity contribution in [1.82, 2.24) is 10.2 Å². The number of nitrogens with one attached hydrogen (secondary N) is 1. The van der Waals surface area contributed by atoms with Crippen molar-refractivity contribution in [1.29, 1.82) is 0 Å². The van der Waals surface area contributed by atoms with E-state index in [0.29, 0.717) is 0 Å². The van der Waals surface area contributed by atoms with Crippen LogP contribution in [0.25, 0.3) is 0 Å². The third-order valence-corrected chi connectivity index (χ3v) is 6.26. The molecule has 0 aromatic carbocycles. The smallest absolute Gasteiger partial charge is 0.0254 e. The van der Waals surface area contributed by atoms with Crippen LogP contribution in [-0.2, 0) is 0 Å². The molecule has 2 nitrogen and oxygen atoms in total. The van der Waals surface area contributed by atoms with Gasteiger partial charge in [-0.15, -0.1) is 0 Å². The van der Waals surface area contributed by atoms with E-state index in [4.69, 9.17) is 0 Å². The van der Waals surface area contributed by atoms with E-state index in [0.717, 1.165) is 36.5 Å². The predicted octanol–water partition coefficient (Wildman–Crippen LogP) is 3.81.